The Morgan fingerprint density at radius 1 is 1.52 bits per heavy atom. The van der Waals surface area contributed by atoms with Gasteiger partial charge in [0.15, 0.2) is 0 Å². The van der Waals surface area contributed by atoms with E-state index in [9.17, 15) is 23.3 Å². The van der Waals surface area contributed by atoms with Crippen LogP contribution in [-0.4, -0.2) is 42.3 Å². The van der Waals surface area contributed by atoms with Crippen molar-refractivity contribution in [2.45, 2.75) is 6.42 Å². The van der Waals surface area contributed by atoms with Crippen LogP contribution in [0.4, 0.5) is 11.4 Å². The third kappa shape index (κ3) is 4.85. The molecule has 9 nitrogen and oxygen atoms in total. The largest absolute Gasteiger partial charge is 0.481 e. The van der Waals surface area contributed by atoms with Crippen molar-refractivity contribution in [2.75, 3.05) is 18.3 Å². The molecule has 1 rings (SSSR count). The Hall–Kier alpha value is -1.91. The van der Waals surface area contributed by atoms with E-state index in [1.54, 1.807) is 0 Å². The van der Waals surface area contributed by atoms with Gasteiger partial charge in [-0.3, -0.25) is 19.6 Å². The number of carbonyl (C=O) groups is 1. The molecule has 0 spiro atoms. The monoisotopic (exact) mass is 337 g/mol. The standard InChI is InChI=1S/C10H12ClN3O6S/c1-13(5-4-10(15)16)21(19,20)12-7-2-3-8(11)9(6-7)14(17)18/h2-3,6,12H,4-5H2,1H3,(H,15,16). The molecule has 0 unspecified atom stereocenters. The van der Waals surface area contributed by atoms with E-state index in [2.05, 4.69) is 4.72 Å². The number of rotatable bonds is 7. The topological polar surface area (TPSA) is 130 Å². The molecular weight excluding hydrogens is 326 g/mol. The van der Waals surface area contributed by atoms with Gasteiger partial charge in [0.2, 0.25) is 0 Å². The van der Waals surface area contributed by atoms with Gasteiger partial charge < -0.3 is 5.11 Å². The summed E-state index contributed by atoms with van der Waals surface area (Å²) in [4.78, 5) is 20.4. The molecule has 0 aliphatic heterocycles. The molecule has 0 fully saturated rings. The van der Waals surface area contributed by atoms with E-state index in [-0.39, 0.29) is 23.7 Å². The molecule has 0 saturated carbocycles. The highest BCUT2D eigenvalue weighted by molar-refractivity contribution is 7.90. The van der Waals surface area contributed by atoms with Crippen LogP contribution in [0, 0.1) is 10.1 Å². The summed E-state index contributed by atoms with van der Waals surface area (Å²) in [6.45, 7) is -0.236. The van der Waals surface area contributed by atoms with E-state index in [0.717, 1.165) is 10.4 Å². The van der Waals surface area contributed by atoms with E-state index in [1.807, 2.05) is 0 Å². The molecule has 2 N–H and O–H groups in total. The highest BCUT2D eigenvalue weighted by Gasteiger charge is 2.20. The van der Waals surface area contributed by atoms with Crippen molar-refractivity contribution in [2.24, 2.45) is 0 Å². The van der Waals surface area contributed by atoms with Crippen molar-refractivity contribution in [1.82, 2.24) is 4.31 Å². The van der Waals surface area contributed by atoms with Crippen LogP contribution in [-0.2, 0) is 15.0 Å². The molecule has 0 atom stereocenters. The van der Waals surface area contributed by atoms with Crippen LogP contribution >= 0.6 is 11.6 Å². The zero-order chi connectivity index (χ0) is 16.2. The van der Waals surface area contributed by atoms with Crippen molar-refractivity contribution in [3.63, 3.8) is 0 Å². The van der Waals surface area contributed by atoms with Gasteiger partial charge in [0.1, 0.15) is 5.02 Å². The number of carboxylic acids is 1. The maximum atomic E-state index is 11.9. The summed E-state index contributed by atoms with van der Waals surface area (Å²) >= 11 is 5.61. The first-order valence-electron chi connectivity index (χ1n) is 5.53. The van der Waals surface area contributed by atoms with Crippen molar-refractivity contribution >= 4 is 39.2 Å². The maximum Gasteiger partial charge on any atom is 0.304 e. The Labute approximate surface area is 125 Å². The summed E-state index contributed by atoms with van der Waals surface area (Å²) < 4.78 is 26.7. The summed E-state index contributed by atoms with van der Waals surface area (Å²) in [7, 11) is -2.82. The molecule has 116 valence electrons. The SMILES string of the molecule is CN(CCC(=O)O)S(=O)(=O)Nc1ccc(Cl)c([N+](=O)[O-])c1. The van der Waals surface area contributed by atoms with Gasteiger partial charge in [0.25, 0.3) is 5.69 Å². The number of anilines is 1. The van der Waals surface area contributed by atoms with Gasteiger partial charge in [-0.1, -0.05) is 11.6 Å². The summed E-state index contributed by atoms with van der Waals surface area (Å²) in [6, 6.07) is 3.43. The van der Waals surface area contributed by atoms with Crippen molar-refractivity contribution < 1.29 is 23.2 Å². The second-order valence-corrected chi connectivity index (χ2v) is 6.18. The average Bonchev–Trinajstić information content (AvgIpc) is 2.37. The molecule has 0 saturated heterocycles. The van der Waals surface area contributed by atoms with Crippen LogP contribution in [0.2, 0.25) is 5.02 Å². The lowest BCUT2D eigenvalue weighted by Crippen LogP contribution is -2.34. The number of nitro benzene ring substituents is 1. The van der Waals surface area contributed by atoms with Gasteiger partial charge >= 0.3 is 16.2 Å². The quantitative estimate of drug-likeness (QED) is 0.570. The molecule has 0 radical (unpaired) electrons. The van der Waals surface area contributed by atoms with Crippen LogP contribution in [0.25, 0.3) is 0 Å². The molecule has 1 aromatic rings. The molecule has 11 heteroatoms. The predicted octanol–water partition coefficient (Wildman–Crippen LogP) is 1.31. The van der Waals surface area contributed by atoms with E-state index in [4.69, 9.17) is 16.7 Å². The number of aliphatic carboxylic acids is 1. The number of carboxylic acid groups (broad SMARTS) is 1. The first-order valence-corrected chi connectivity index (χ1v) is 7.35. The van der Waals surface area contributed by atoms with E-state index >= 15 is 0 Å². The lowest BCUT2D eigenvalue weighted by Gasteiger charge is -2.17. The molecule has 1 aromatic carbocycles. The van der Waals surface area contributed by atoms with Crippen molar-refractivity contribution in [3.8, 4) is 0 Å². The van der Waals surface area contributed by atoms with Gasteiger partial charge in [0, 0.05) is 19.7 Å². The van der Waals surface area contributed by atoms with Gasteiger partial charge in [-0.15, -0.1) is 0 Å². The van der Waals surface area contributed by atoms with Crippen molar-refractivity contribution in [3.05, 3.63) is 33.3 Å². The summed E-state index contributed by atoms with van der Waals surface area (Å²) in [5, 5.41) is 19.1. The van der Waals surface area contributed by atoms with Crippen molar-refractivity contribution in [1.29, 1.82) is 0 Å². The van der Waals surface area contributed by atoms with Crippen LogP contribution in [0.15, 0.2) is 18.2 Å². The number of nitro groups is 1. The van der Waals surface area contributed by atoms with Gasteiger partial charge in [-0.2, -0.15) is 12.7 Å². The molecule has 0 heterocycles. The fourth-order valence-corrected chi connectivity index (χ4v) is 2.42. The van der Waals surface area contributed by atoms with E-state index < -0.39 is 26.8 Å². The number of nitrogens with one attached hydrogen (secondary N) is 1. The third-order valence-electron chi connectivity index (χ3n) is 2.44. The van der Waals surface area contributed by atoms with Crippen LogP contribution in [0.3, 0.4) is 0 Å². The maximum absolute atomic E-state index is 11.9. The van der Waals surface area contributed by atoms with Gasteiger partial charge in [0.05, 0.1) is 17.0 Å². The van der Waals surface area contributed by atoms with Crippen LogP contribution in [0.1, 0.15) is 6.42 Å². The summed E-state index contributed by atoms with van der Waals surface area (Å²) in [6.07, 6.45) is -0.363. The number of hydrogen-bond acceptors (Lipinski definition) is 5. The molecule has 0 aliphatic rings. The lowest BCUT2D eigenvalue weighted by atomic mass is 10.3. The van der Waals surface area contributed by atoms with Crippen LogP contribution < -0.4 is 4.72 Å². The second-order valence-electron chi connectivity index (χ2n) is 4.00. The minimum Gasteiger partial charge on any atom is -0.481 e. The normalized spacial score (nSPS) is 11.4. The third-order valence-corrected chi connectivity index (χ3v) is 4.26. The first kappa shape index (κ1) is 17.1. The number of halogens is 1. The second kappa shape index (κ2) is 6.70. The lowest BCUT2D eigenvalue weighted by molar-refractivity contribution is -0.384. The fourth-order valence-electron chi connectivity index (χ4n) is 1.32. The summed E-state index contributed by atoms with van der Waals surface area (Å²) in [5.74, 6) is -1.14. The molecule has 0 aromatic heterocycles. The predicted molar refractivity (Wildman–Crippen MR) is 75.5 cm³/mol. The highest BCUT2D eigenvalue weighted by atomic mass is 35.5. The van der Waals surface area contributed by atoms with E-state index in [1.165, 1.54) is 19.2 Å². The summed E-state index contributed by atoms with van der Waals surface area (Å²) in [5.41, 5.74) is -0.488. The van der Waals surface area contributed by atoms with Crippen LogP contribution in [0.5, 0.6) is 0 Å². The minimum atomic E-state index is -4.01. The first-order chi connectivity index (χ1) is 9.63. The smallest absolute Gasteiger partial charge is 0.304 e. The number of hydrogen-bond donors (Lipinski definition) is 2. The van der Waals surface area contributed by atoms with Gasteiger partial charge in [-0.25, -0.2) is 0 Å². The molecular formula is C10H12ClN3O6S. The Morgan fingerprint density at radius 3 is 2.67 bits per heavy atom. The number of benzene rings is 1. The Balaban J connectivity index is 2.91. The average molecular weight is 338 g/mol. The number of nitrogens with zero attached hydrogens (tertiary/aromatic N) is 2. The Kier molecular flexibility index (Phi) is 5.47. The highest BCUT2D eigenvalue weighted by Crippen LogP contribution is 2.27. The Morgan fingerprint density at radius 2 is 2.14 bits per heavy atom. The molecule has 0 amide bonds. The van der Waals surface area contributed by atoms with E-state index in [0.29, 0.717) is 0 Å². The Bertz CT molecular complexity index is 663. The molecule has 21 heavy (non-hydrogen) atoms. The fraction of sp³-hybridized carbons (Fsp3) is 0.300. The molecule has 0 aliphatic carbocycles. The zero-order valence-corrected chi connectivity index (χ0v) is 12.4. The molecule has 0 bridgehead atoms. The minimum absolute atomic E-state index is 0.0479. The van der Waals surface area contributed by atoms with Gasteiger partial charge in [-0.05, 0) is 12.1 Å². The zero-order valence-electron chi connectivity index (χ0n) is 10.8.